The van der Waals surface area contributed by atoms with Crippen molar-refractivity contribution >= 4 is 22.5 Å². The number of nitrogens with zero attached hydrogens (tertiary/aromatic N) is 6. The maximum atomic E-state index is 12.5. The van der Waals surface area contributed by atoms with Gasteiger partial charge in [-0.3, -0.25) is 4.79 Å². The molecular weight excluding hydrogens is 516 g/mol. The highest BCUT2D eigenvalue weighted by molar-refractivity contribution is 5.87. The van der Waals surface area contributed by atoms with E-state index < -0.39 is 0 Å². The van der Waals surface area contributed by atoms with Gasteiger partial charge < -0.3 is 24.2 Å². The minimum Gasteiger partial charge on any atom is -0.462 e. The van der Waals surface area contributed by atoms with Crippen LogP contribution in [0.25, 0.3) is 10.8 Å². The molecule has 9 heteroatoms. The van der Waals surface area contributed by atoms with Gasteiger partial charge in [0.1, 0.15) is 12.4 Å². The van der Waals surface area contributed by atoms with E-state index in [9.17, 15) is 10.1 Å². The van der Waals surface area contributed by atoms with Crippen molar-refractivity contribution < 1.29 is 14.3 Å². The maximum Gasteiger partial charge on any atom is 0.318 e. The molecule has 3 aliphatic rings. The number of piperazine rings is 1. The number of fused-ring (bicyclic) bond motifs is 2. The van der Waals surface area contributed by atoms with Crippen molar-refractivity contribution in [3.05, 3.63) is 71.9 Å². The quantitative estimate of drug-likeness (QED) is 0.406. The number of amides is 1. The number of rotatable bonds is 7. The van der Waals surface area contributed by atoms with Crippen molar-refractivity contribution in [2.75, 3.05) is 44.7 Å². The first-order chi connectivity index (χ1) is 20.1. The van der Waals surface area contributed by atoms with Crippen LogP contribution in [0.1, 0.15) is 42.2 Å². The summed E-state index contributed by atoms with van der Waals surface area (Å²) in [6.07, 6.45) is 4.28. The first-order valence-corrected chi connectivity index (χ1v) is 14.4. The van der Waals surface area contributed by atoms with Gasteiger partial charge in [-0.25, -0.2) is 0 Å². The molecule has 3 aromatic rings. The molecule has 1 aromatic heterocycles. The Kier molecular flexibility index (Phi) is 7.86. The number of ether oxygens (including phenoxy) is 2. The van der Waals surface area contributed by atoms with Crippen molar-refractivity contribution in [2.24, 2.45) is 0 Å². The summed E-state index contributed by atoms with van der Waals surface area (Å²) in [5.41, 5.74) is 3.02. The van der Waals surface area contributed by atoms with Crippen LogP contribution >= 0.6 is 0 Å². The maximum absolute atomic E-state index is 12.5. The molecule has 3 aliphatic heterocycles. The van der Waals surface area contributed by atoms with E-state index in [0.29, 0.717) is 51.3 Å². The molecule has 0 bridgehead atoms. The zero-order valence-corrected chi connectivity index (χ0v) is 23.5. The minimum absolute atomic E-state index is 0.140. The van der Waals surface area contributed by atoms with Gasteiger partial charge in [0, 0.05) is 37.7 Å². The summed E-state index contributed by atoms with van der Waals surface area (Å²) < 4.78 is 12.8. The van der Waals surface area contributed by atoms with Crippen LogP contribution < -0.4 is 9.64 Å². The fourth-order valence-corrected chi connectivity index (χ4v) is 6.38. The van der Waals surface area contributed by atoms with Gasteiger partial charge in [-0.2, -0.15) is 15.2 Å². The second-order valence-electron chi connectivity index (χ2n) is 11.1. The lowest BCUT2D eigenvalue weighted by molar-refractivity contribution is -0.128. The largest absolute Gasteiger partial charge is 0.462 e. The van der Waals surface area contributed by atoms with Gasteiger partial charge in [-0.1, -0.05) is 49.0 Å². The SMILES string of the molecule is C=CC(=O)N1CCN(c2nc(OC[C@@H]3CCCN3C)nc3c2CO[C@@H](c2cccc4ccccc24)C3)C[C@@H]1CC#N. The van der Waals surface area contributed by atoms with Crippen LogP contribution in [-0.2, 0) is 22.6 Å². The highest BCUT2D eigenvalue weighted by Gasteiger charge is 2.34. The molecular formula is C32H36N6O3. The Labute approximate surface area is 241 Å². The predicted molar refractivity (Wildman–Crippen MR) is 157 cm³/mol. The van der Waals surface area contributed by atoms with E-state index in [2.05, 4.69) is 72.0 Å². The highest BCUT2D eigenvalue weighted by atomic mass is 16.5. The van der Waals surface area contributed by atoms with E-state index in [1.165, 1.54) is 23.3 Å². The molecule has 2 fully saturated rings. The second-order valence-corrected chi connectivity index (χ2v) is 11.1. The van der Waals surface area contributed by atoms with Gasteiger partial charge >= 0.3 is 6.01 Å². The van der Waals surface area contributed by atoms with Gasteiger partial charge in [0.25, 0.3) is 0 Å². The number of likely N-dealkylation sites (N-methyl/N-ethyl adjacent to an activating group) is 1. The van der Waals surface area contributed by atoms with E-state index in [-0.39, 0.29) is 24.5 Å². The molecule has 2 saturated heterocycles. The van der Waals surface area contributed by atoms with Crippen LogP contribution in [0.4, 0.5) is 5.82 Å². The normalized spacial score (nSPS) is 22.8. The molecule has 4 heterocycles. The number of hydrogen-bond donors (Lipinski definition) is 0. The molecule has 9 nitrogen and oxygen atoms in total. The third-order valence-electron chi connectivity index (χ3n) is 8.67. The summed E-state index contributed by atoms with van der Waals surface area (Å²) in [5.74, 6) is 0.621. The van der Waals surface area contributed by atoms with Crippen molar-refractivity contribution in [1.29, 1.82) is 5.26 Å². The third kappa shape index (κ3) is 5.50. The molecule has 41 heavy (non-hydrogen) atoms. The number of anilines is 1. The second kappa shape index (κ2) is 11.9. The van der Waals surface area contributed by atoms with Gasteiger partial charge in [0.05, 0.1) is 36.9 Å². The summed E-state index contributed by atoms with van der Waals surface area (Å²) in [6.45, 7) is 7.19. The molecule has 0 spiro atoms. The number of carbonyl (C=O) groups is 1. The topological polar surface area (TPSA) is 94.8 Å². The molecule has 0 saturated carbocycles. The molecule has 0 aliphatic carbocycles. The van der Waals surface area contributed by atoms with Crippen LogP contribution in [0, 0.1) is 11.3 Å². The van der Waals surface area contributed by atoms with E-state index in [4.69, 9.17) is 19.4 Å². The standard InChI is InChI=1S/C32H36N6O3/c1-3-30(39)38-17-16-37(19-23(38)13-14-33)31-27-21-40-29(26-12-6-9-22-8-4-5-11-25(22)26)18-28(27)34-32(35-31)41-20-24-10-7-15-36(24)2/h3-6,8-9,11-12,23-24,29H,1,7,10,13,15-21H2,2H3/t23-,24-,29+/m0/s1. The van der Waals surface area contributed by atoms with Crippen molar-refractivity contribution in [3.63, 3.8) is 0 Å². The lowest BCUT2D eigenvalue weighted by atomic mass is 9.94. The predicted octanol–water partition coefficient (Wildman–Crippen LogP) is 4.03. The van der Waals surface area contributed by atoms with E-state index in [0.717, 1.165) is 35.6 Å². The van der Waals surface area contributed by atoms with Crippen LogP contribution in [-0.4, -0.2) is 77.6 Å². The van der Waals surface area contributed by atoms with Crippen LogP contribution in [0.5, 0.6) is 6.01 Å². The Morgan fingerprint density at radius 2 is 2.02 bits per heavy atom. The van der Waals surface area contributed by atoms with Crippen LogP contribution in [0.15, 0.2) is 55.1 Å². The summed E-state index contributed by atoms with van der Waals surface area (Å²) in [5, 5.41) is 11.9. The Morgan fingerprint density at radius 3 is 2.83 bits per heavy atom. The minimum atomic E-state index is -0.255. The summed E-state index contributed by atoms with van der Waals surface area (Å²) >= 11 is 0. The number of nitriles is 1. The molecule has 0 unspecified atom stereocenters. The van der Waals surface area contributed by atoms with Crippen LogP contribution in [0.2, 0.25) is 0 Å². The van der Waals surface area contributed by atoms with Gasteiger partial charge in [-0.05, 0) is 48.8 Å². The molecule has 212 valence electrons. The summed E-state index contributed by atoms with van der Waals surface area (Å²) in [4.78, 5) is 28.6. The summed E-state index contributed by atoms with van der Waals surface area (Å²) in [6, 6.07) is 17.4. The number of likely N-dealkylation sites (tertiary alicyclic amines) is 1. The molecule has 3 atom stereocenters. The van der Waals surface area contributed by atoms with Crippen molar-refractivity contribution in [1.82, 2.24) is 19.8 Å². The Balaban J connectivity index is 1.33. The van der Waals surface area contributed by atoms with Gasteiger partial charge in [0.2, 0.25) is 5.91 Å². The van der Waals surface area contributed by atoms with Crippen LogP contribution in [0.3, 0.4) is 0 Å². The first-order valence-electron chi connectivity index (χ1n) is 14.4. The lowest BCUT2D eigenvalue weighted by Crippen LogP contribution is -2.55. The zero-order valence-electron chi connectivity index (χ0n) is 23.5. The van der Waals surface area contributed by atoms with Gasteiger partial charge in [-0.15, -0.1) is 0 Å². The average molecular weight is 553 g/mol. The number of hydrogen-bond acceptors (Lipinski definition) is 8. The average Bonchev–Trinajstić information content (AvgIpc) is 3.43. The third-order valence-corrected chi connectivity index (χ3v) is 8.67. The first kappa shape index (κ1) is 27.2. The van der Waals surface area contributed by atoms with E-state index in [1.807, 2.05) is 0 Å². The van der Waals surface area contributed by atoms with Crippen molar-refractivity contribution in [2.45, 2.75) is 50.5 Å². The number of carbonyl (C=O) groups excluding carboxylic acids is 1. The zero-order chi connectivity index (χ0) is 28.3. The fraction of sp³-hybridized carbons (Fsp3) is 0.438. The van der Waals surface area contributed by atoms with Gasteiger partial charge in [0.15, 0.2) is 0 Å². The van der Waals surface area contributed by atoms with Crippen molar-refractivity contribution in [3.8, 4) is 12.1 Å². The number of aromatic nitrogens is 2. The Bertz CT molecular complexity index is 1480. The smallest absolute Gasteiger partial charge is 0.318 e. The Hall–Kier alpha value is -4.00. The van der Waals surface area contributed by atoms with E-state index >= 15 is 0 Å². The monoisotopic (exact) mass is 552 g/mol. The lowest BCUT2D eigenvalue weighted by Gasteiger charge is -2.41. The highest BCUT2D eigenvalue weighted by Crippen LogP contribution is 2.38. The Morgan fingerprint density at radius 1 is 1.17 bits per heavy atom. The summed E-state index contributed by atoms with van der Waals surface area (Å²) in [7, 11) is 2.13. The fourth-order valence-electron chi connectivity index (χ4n) is 6.38. The number of benzene rings is 2. The molecule has 6 rings (SSSR count). The molecule has 2 aromatic carbocycles. The molecule has 0 N–H and O–H groups in total. The van der Waals surface area contributed by atoms with E-state index in [1.54, 1.807) is 4.90 Å². The molecule has 1 amide bonds. The molecule has 0 radical (unpaired) electrons.